The molecule has 0 unspecified atom stereocenters. The molecule has 0 radical (unpaired) electrons. The minimum Gasteiger partial charge on any atom is -0.469 e. The first kappa shape index (κ1) is 14.1. The Hall–Kier alpha value is -1.83. The van der Waals surface area contributed by atoms with Crippen LogP contribution in [0.4, 0.5) is 0 Å². The second-order valence-electron chi connectivity index (χ2n) is 5.73. The fraction of sp³-hybridized carbons (Fsp3) is 0.615. The molecule has 1 aliphatic carbocycles. The molecule has 0 bridgehead atoms. The molecule has 0 atom stereocenters. The lowest BCUT2D eigenvalue weighted by Gasteiger charge is -2.07. The summed E-state index contributed by atoms with van der Waals surface area (Å²) in [6, 6.07) is 0. The Balaban J connectivity index is 1.66. The van der Waals surface area contributed by atoms with Crippen LogP contribution in [0.2, 0.25) is 0 Å². The van der Waals surface area contributed by atoms with Crippen LogP contribution in [0.25, 0.3) is 0 Å². The number of hydrogen-bond acceptors (Lipinski definition) is 7. The summed E-state index contributed by atoms with van der Waals surface area (Å²) in [5.41, 5.74) is 1.09. The van der Waals surface area contributed by atoms with Gasteiger partial charge in [-0.25, -0.2) is 9.67 Å². The fourth-order valence-corrected chi connectivity index (χ4v) is 2.87. The van der Waals surface area contributed by atoms with Gasteiger partial charge in [-0.3, -0.25) is 4.79 Å². The van der Waals surface area contributed by atoms with E-state index in [1.165, 1.54) is 31.3 Å². The topological polar surface area (TPSA) is 82.8 Å². The van der Waals surface area contributed by atoms with Crippen LogP contribution in [0.15, 0.2) is 5.38 Å². The third-order valence-corrected chi connectivity index (χ3v) is 4.61. The van der Waals surface area contributed by atoms with E-state index < -0.39 is 0 Å². The highest BCUT2D eigenvalue weighted by Gasteiger charge is 2.38. The van der Waals surface area contributed by atoms with Crippen molar-refractivity contribution in [3.05, 3.63) is 21.9 Å². The average Bonchev–Trinajstić information content (AvgIpc) is 2.86. The van der Waals surface area contributed by atoms with E-state index in [1.807, 2.05) is 5.38 Å². The van der Waals surface area contributed by atoms with Crippen LogP contribution in [0.1, 0.15) is 36.3 Å². The molecule has 1 saturated carbocycles. The maximum Gasteiger partial charge on any atom is 0.311 e. The molecule has 0 aliphatic heterocycles. The van der Waals surface area contributed by atoms with Gasteiger partial charge in [0.05, 0.1) is 25.8 Å². The van der Waals surface area contributed by atoms with E-state index in [0.29, 0.717) is 12.0 Å². The van der Waals surface area contributed by atoms with Gasteiger partial charge in [0, 0.05) is 11.8 Å². The zero-order valence-corrected chi connectivity index (χ0v) is 12.9. The molecule has 0 amide bonds. The van der Waals surface area contributed by atoms with Crippen LogP contribution in [0.5, 0.6) is 0 Å². The van der Waals surface area contributed by atoms with Crippen LogP contribution in [0.3, 0.4) is 0 Å². The third kappa shape index (κ3) is 3.44. The Kier molecular flexibility index (Phi) is 3.71. The van der Waals surface area contributed by atoms with Gasteiger partial charge in [0.2, 0.25) is 0 Å². The molecule has 1 aliphatic rings. The summed E-state index contributed by atoms with van der Waals surface area (Å²) in [7, 11) is 1.38. The average molecular weight is 307 g/mol. The highest BCUT2D eigenvalue weighted by atomic mass is 32.1. The first-order valence-corrected chi connectivity index (χ1v) is 7.71. The van der Waals surface area contributed by atoms with Gasteiger partial charge in [-0.2, -0.15) is 0 Å². The van der Waals surface area contributed by atoms with Crippen LogP contribution in [-0.2, 0) is 28.9 Å². The molecule has 2 aromatic rings. The van der Waals surface area contributed by atoms with Crippen molar-refractivity contribution >= 4 is 17.3 Å². The second-order valence-corrected chi connectivity index (χ2v) is 6.67. The summed E-state index contributed by atoms with van der Waals surface area (Å²) < 4.78 is 6.43. The molecular weight excluding hydrogens is 290 g/mol. The summed E-state index contributed by atoms with van der Waals surface area (Å²) in [6.45, 7) is 2.80. The predicted molar refractivity (Wildman–Crippen MR) is 75.8 cm³/mol. The lowest BCUT2D eigenvalue weighted by molar-refractivity contribution is -0.139. The number of carbonyl (C=O) groups excluding carboxylic acids is 1. The monoisotopic (exact) mass is 307 g/mol. The van der Waals surface area contributed by atoms with Crippen molar-refractivity contribution in [2.75, 3.05) is 7.11 Å². The van der Waals surface area contributed by atoms with E-state index in [1.54, 1.807) is 4.68 Å². The van der Waals surface area contributed by atoms with Gasteiger partial charge in [0.1, 0.15) is 5.01 Å². The Labute approximate surface area is 126 Å². The molecule has 0 N–H and O–H groups in total. The molecule has 0 spiro atoms. The summed E-state index contributed by atoms with van der Waals surface area (Å²) in [5, 5.41) is 14.7. The molecule has 112 valence electrons. The Morgan fingerprint density at radius 2 is 2.33 bits per heavy atom. The zero-order valence-electron chi connectivity index (χ0n) is 12.1. The van der Waals surface area contributed by atoms with Crippen molar-refractivity contribution in [1.82, 2.24) is 25.2 Å². The number of carbonyl (C=O) groups is 1. The van der Waals surface area contributed by atoms with Gasteiger partial charge in [-0.1, -0.05) is 6.92 Å². The second kappa shape index (κ2) is 5.51. The quantitative estimate of drug-likeness (QED) is 0.747. The van der Waals surface area contributed by atoms with Crippen LogP contribution in [-0.4, -0.2) is 38.3 Å². The first-order chi connectivity index (χ1) is 10.1. The molecule has 3 rings (SSSR count). The van der Waals surface area contributed by atoms with E-state index in [2.05, 4.69) is 32.2 Å². The van der Waals surface area contributed by atoms with Crippen molar-refractivity contribution < 1.29 is 9.53 Å². The van der Waals surface area contributed by atoms with Gasteiger partial charge < -0.3 is 4.74 Å². The number of aromatic nitrogens is 5. The van der Waals surface area contributed by atoms with Crippen molar-refractivity contribution in [3.63, 3.8) is 0 Å². The number of ether oxygens (including phenoxy) is 1. The minimum absolute atomic E-state index is 0.202. The van der Waals surface area contributed by atoms with E-state index in [4.69, 9.17) is 0 Å². The molecule has 2 heterocycles. The molecule has 0 saturated heterocycles. The largest absolute Gasteiger partial charge is 0.469 e. The number of nitrogens with zero attached hydrogens (tertiary/aromatic N) is 5. The first-order valence-electron chi connectivity index (χ1n) is 6.83. The van der Waals surface area contributed by atoms with E-state index in [9.17, 15) is 4.79 Å². The van der Waals surface area contributed by atoms with Gasteiger partial charge in [-0.15, -0.1) is 16.4 Å². The number of tetrazole rings is 1. The molecular formula is C13H17N5O2S. The normalized spacial score (nSPS) is 15.9. The summed E-state index contributed by atoms with van der Waals surface area (Å²) in [6.07, 6.45) is 3.58. The summed E-state index contributed by atoms with van der Waals surface area (Å²) in [4.78, 5) is 15.7. The lowest BCUT2D eigenvalue weighted by atomic mass is 10.1. The van der Waals surface area contributed by atoms with Gasteiger partial charge in [0.15, 0.2) is 5.82 Å². The fourth-order valence-electron chi connectivity index (χ4n) is 2.10. The van der Waals surface area contributed by atoms with Gasteiger partial charge in [0.25, 0.3) is 0 Å². The number of rotatable bonds is 6. The summed E-state index contributed by atoms with van der Waals surface area (Å²) >= 11 is 1.51. The van der Waals surface area contributed by atoms with Crippen LogP contribution in [0, 0.1) is 5.41 Å². The molecule has 7 nitrogen and oxygen atoms in total. The van der Waals surface area contributed by atoms with Gasteiger partial charge >= 0.3 is 5.97 Å². The van der Waals surface area contributed by atoms with E-state index in [0.717, 1.165) is 22.9 Å². The van der Waals surface area contributed by atoms with Crippen LogP contribution >= 0.6 is 11.3 Å². The molecule has 1 fully saturated rings. The highest BCUT2D eigenvalue weighted by molar-refractivity contribution is 7.09. The SMILES string of the molecule is COC(=O)Cc1csc(Cn2nnnc2CC2(C)CC2)n1. The highest BCUT2D eigenvalue weighted by Crippen LogP contribution is 2.47. The van der Waals surface area contributed by atoms with Crippen LogP contribution < -0.4 is 0 Å². The number of methoxy groups -OCH3 is 1. The number of esters is 1. The molecule has 0 aromatic carbocycles. The number of hydrogen-bond donors (Lipinski definition) is 0. The molecule has 2 aromatic heterocycles. The lowest BCUT2D eigenvalue weighted by Crippen LogP contribution is -2.11. The third-order valence-electron chi connectivity index (χ3n) is 3.73. The van der Waals surface area contributed by atoms with E-state index in [-0.39, 0.29) is 12.4 Å². The maximum atomic E-state index is 11.2. The molecule has 8 heteroatoms. The molecule has 21 heavy (non-hydrogen) atoms. The van der Waals surface area contributed by atoms with Gasteiger partial charge in [-0.05, 0) is 28.7 Å². The maximum absolute atomic E-state index is 11.2. The van der Waals surface area contributed by atoms with E-state index >= 15 is 0 Å². The van der Waals surface area contributed by atoms with Crippen molar-refractivity contribution in [3.8, 4) is 0 Å². The predicted octanol–water partition coefficient (Wildman–Crippen LogP) is 1.24. The zero-order chi connectivity index (χ0) is 14.9. The Morgan fingerprint density at radius 3 is 3.05 bits per heavy atom. The van der Waals surface area contributed by atoms with Crippen molar-refractivity contribution in [1.29, 1.82) is 0 Å². The smallest absolute Gasteiger partial charge is 0.311 e. The number of thiazole rings is 1. The van der Waals surface area contributed by atoms with Crippen molar-refractivity contribution in [2.45, 2.75) is 39.2 Å². The minimum atomic E-state index is -0.281. The van der Waals surface area contributed by atoms with Crippen molar-refractivity contribution in [2.24, 2.45) is 5.41 Å². The Morgan fingerprint density at radius 1 is 1.52 bits per heavy atom. The summed E-state index contributed by atoms with van der Waals surface area (Å²) in [5.74, 6) is 0.622. The Bertz CT molecular complexity index is 647. The standard InChI is InChI=1S/C13H17N5O2S/c1-13(3-4-13)6-10-15-16-17-18(10)7-11-14-9(8-21-11)5-12(19)20-2/h8H,3-7H2,1-2H3.